The van der Waals surface area contributed by atoms with Gasteiger partial charge in [-0.3, -0.25) is 4.68 Å². The van der Waals surface area contributed by atoms with Crippen molar-refractivity contribution in [2.45, 2.75) is 33.7 Å². The van der Waals surface area contributed by atoms with Gasteiger partial charge in [-0.2, -0.15) is 5.10 Å². The highest BCUT2D eigenvalue weighted by Gasteiger charge is 2.21. The minimum atomic E-state index is -0.295. The van der Waals surface area contributed by atoms with E-state index in [1.807, 2.05) is 52.0 Å². The summed E-state index contributed by atoms with van der Waals surface area (Å²) in [4.78, 5) is 12.3. The van der Waals surface area contributed by atoms with Crippen molar-refractivity contribution in [2.75, 3.05) is 6.61 Å². The van der Waals surface area contributed by atoms with Crippen LogP contribution in [0.1, 0.15) is 44.2 Å². The molecule has 1 aromatic heterocycles. The first-order chi connectivity index (χ1) is 9.00. The summed E-state index contributed by atoms with van der Waals surface area (Å²) >= 11 is 0. The molecule has 0 unspecified atom stereocenters. The molecule has 0 aliphatic heterocycles. The molecule has 4 nitrogen and oxygen atoms in total. The molecule has 0 bridgehead atoms. The summed E-state index contributed by atoms with van der Waals surface area (Å²) < 4.78 is 7.09. The molecule has 102 valence electrons. The predicted molar refractivity (Wildman–Crippen MR) is 75.2 cm³/mol. The van der Waals surface area contributed by atoms with Crippen molar-refractivity contribution in [1.29, 1.82) is 0 Å². The highest BCUT2D eigenvalue weighted by Crippen LogP contribution is 2.22. The zero-order chi connectivity index (χ0) is 14.0. The number of fused-ring (bicyclic) bond motifs is 1. The molecule has 0 spiro atoms. The maximum Gasteiger partial charge on any atom is 0.357 e. The van der Waals surface area contributed by atoms with Crippen molar-refractivity contribution in [2.24, 2.45) is 5.92 Å². The Hall–Kier alpha value is -1.84. The van der Waals surface area contributed by atoms with Crippen LogP contribution in [0, 0.1) is 5.92 Å². The number of carbonyl (C=O) groups is 1. The van der Waals surface area contributed by atoms with Gasteiger partial charge in [0.05, 0.1) is 12.1 Å². The first-order valence-corrected chi connectivity index (χ1v) is 6.65. The molecule has 4 heteroatoms. The summed E-state index contributed by atoms with van der Waals surface area (Å²) in [5.74, 6) is 0.0294. The molecular weight excluding hydrogens is 240 g/mol. The second kappa shape index (κ2) is 5.43. The van der Waals surface area contributed by atoms with E-state index in [1.54, 1.807) is 4.68 Å². The van der Waals surface area contributed by atoms with Crippen LogP contribution in [0.3, 0.4) is 0 Å². The Kier molecular flexibility index (Phi) is 3.88. The third kappa shape index (κ3) is 2.78. The van der Waals surface area contributed by atoms with Gasteiger partial charge in [0.1, 0.15) is 0 Å². The van der Waals surface area contributed by atoms with E-state index in [2.05, 4.69) is 5.10 Å². The number of ether oxygens (including phenoxy) is 1. The summed E-state index contributed by atoms with van der Waals surface area (Å²) in [5, 5.41) is 5.33. The van der Waals surface area contributed by atoms with Gasteiger partial charge in [-0.1, -0.05) is 32.0 Å². The molecule has 0 atom stereocenters. The lowest BCUT2D eigenvalue weighted by Gasteiger charge is -2.11. The smallest absolute Gasteiger partial charge is 0.357 e. The Labute approximate surface area is 113 Å². The van der Waals surface area contributed by atoms with E-state index in [1.165, 1.54) is 0 Å². The molecule has 1 aromatic carbocycles. The first-order valence-electron chi connectivity index (χ1n) is 6.65. The van der Waals surface area contributed by atoms with Crippen molar-refractivity contribution in [3.05, 3.63) is 30.0 Å². The zero-order valence-corrected chi connectivity index (χ0v) is 11.9. The van der Waals surface area contributed by atoms with Crippen molar-refractivity contribution in [3.63, 3.8) is 0 Å². The number of nitrogens with zero attached hydrogens (tertiary/aromatic N) is 2. The molecule has 0 N–H and O–H groups in total. The lowest BCUT2D eigenvalue weighted by Crippen LogP contribution is -2.17. The molecule has 0 aliphatic carbocycles. The quantitative estimate of drug-likeness (QED) is 0.791. The van der Waals surface area contributed by atoms with Crippen LogP contribution in [0.25, 0.3) is 10.9 Å². The van der Waals surface area contributed by atoms with E-state index in [9.17, 15) is 4.79 Å². The predicted octanol–water partition coefficient (Wildman–Crippen LogP) is 3.43. The molecule has 0 radical (unpaired) electrons. The van der Waals surface area contributed by atoms with Crippen LogP contribution in [0.2, 0.25) is 0 Å². The number of carbonyl (C=O) groups excluding carboxylic acids is 1. The minimum absolute atomic E-state index is 0.119. The van der Waals surface area contributed by atoms with Gasteiger partial charge in [0, 0.05) is 11.4 Å². The Morgan fingerprint density at radius 3 is 2.58 bits per heavy atom. The number of aromatic nitrogens is 2. The van der Waals surface area contributed by atoms with Crippen LogP contribution in [0.15, 0.2) is 24.3 Å². The van der Waals surface area contributed by atoms with E-state index < -0.39 is 0 Å². The summed E-state index contributed by atoms with van der Waals surface area (Å²) in [5.41, 5.74) is 1.37. The van der Waals surface area contributed by atoms with Crippen LogP contribution in [0.4, 0.5) is 0 Å². The van der Waals surface area contributed by atoms with Crippen LogP contribution in [0.5, 0.6) is 0 Å². The molecule has 0 fully saturated rings. The van der Waals surface area contributed by atoms with Crippen LogP contribution >= 0.6 is 0 Å². The lowest BCUT2D eigenvalue weighted by atomic mass is 10.2. The van der Waals surface area contributed by atoms with Gasteiger partial charge in [-0.05, 0) is 25.8 Å². The Balaban J connectivity index is 2.44. The fourth-order valence-corrected chi connectivity index (χ4v) is 1.94. The fraction of sp³-hybridized carbons (Fsp3) is 0.467. The Morgan fingerprint density at radius 2 is 1.95 bits per heavy atom. The van der Waals surface area contributed by atoms with Gasteiger partial charge in [0.2, 0.25) is 0 Å². The van der Waals surface area contributed by atoms with Gasteiger partial charge in [-0.25, -0.2) is 4.79 Å². The van der Waals surface area contributed by atoms with Crippen molar-refractivity contribution in [1.82, 2.24) is 9.78 Å². The van der Waals surface area contributed by atoms with Gasteiger partial charge < -0.3 is 4.74 Å². The summed E-state index contributed by atoms with van der Waals surface area (Å²) in [6, 6.07) is 7.77. The second-order valence-electron chi connectivity index (χ2n) is 5.40. The SMILES string of the molecule is CC(C)COC(=O)c1c2ccccc2nn1C(C)C. The van der Waals surface area contributed by atoms with E-state index >= 15 is 0 Å². The lowest BCUT2D eigenvalue weighted by molar-refractivity contribution is 0.0445. The molecule has 0 saturated heterocycles. The Morgan fingerprint density at radius 1 is 1.26 bits per heavy atom. The highest BCUT2D eigenvalue weighted by atomic mass is 16.5. The van der Waals surface area contributed by atoms with Crippen LogP contribution in [-0.2, 0) is 4.74 Å². The van der Waals surface area contributed by atoms with Crippen molar-refractivity contribution < 1.29 is 9.53 Å². The third-order valence-corrected chi connectivity index (χ3v) is 2.83. The molecule has 0 saturated carbocycles. The second-order valence-corrected chi connectivity index (χ2v) is 5.40. The Bertz CT molecular complexity index is 585. The van der Waals surface area contributed by atoms with E-state index in [4.69, 9.17) is 4.74 Å². The zero-order valence-electron chi connectivity index (χ0n) is 11.9. The normalized spacial score (nSPS) is 11.5. The summed E-state index contributed by atoms with van der Waals surface area (Å²) in [7, 11) is 0. The minimum Gasteiger partial charge on any atom is -0.461 e. The number of hydrogen-bond acceptors (Lipinski definition) is 3. The standard InChI is InChI=1S/C15H20N2O2/c1-10(2)9-19-15(18)14-12-7-5-6-8-13(12)16-17(14)11(3)4/h5-8,10-11H,9H2,1-4H3. The molecule has 0 aliphatic rings. The van der Waals surface area contributed by atoms with Crippen LogP contribution in [-0.4, -0.2) is 22.4 Å². The van der Waals surface area contributed by atoms with Gasteiger partial charge >= 0.3 is 5.97 Å². The number of hydrogen-bond donors (Lipinski definition) is 0. The number of esters is 1. The van der Waals surface area contributed by atoms with E-state index in [0.717, 1.165) is 10.9 Å². The topological polar surface area (TPSA) is 44.1 Å². The summed E-state index contributed by atoms with van der Waals surface area (Å²) in [6.07, 6.45) is 0. The van der Waals surface area contributed by atoms with E-state index in [-0.39, 0.29) is 12.0 Å². The molecule has 2 rings (SSSR count). The molecule has 2 aromatic rings. The van der Waals surface area contributed by atoms with Crippen molar-refractivity contribution >= 4 is 16.9 Å². The fourth-order valence-electron chi connectivity index (χ4n) is 1.94. The third-order valence-electron chi connectivity index (χ3n) is 2.83. The maximum absolute atomic E-state index is 12.3. The van der Waals surface area contributed by atoms with Crippen LogP contribution < -0.4 is 0 Å². The molecular formula is C15H20N2O2. The first kappa shape index (κ1) is 13.6. The average molecular weight is 260 g/mol. The van der Waals surface area contributed by atoms with Gasteiger partial charge in [-0.15, -0.1) is 0 Å². The monoisotopic (exact) mass is 260 g/mol. The molecule has 0 amide bonds. The maximum atomic E-state index is 12.3. The number of rotatable bonds is 4. The largest absolute Gasteiger partial charge is 0.461 e. The van der Waals surface area contributed by atoms with Gasteiger partial charge in [0.15, 0.2) is 5.69 Å². The average Bonchev–Trinajstić information content (AvgIpc) is 2.75. The number of benzene rings is 1. The van der Waals surface area contributed by atoms with Crippen molar-refractivity contribution in [3.8, 4) is 0 Å². The van der Waals surface area contributed by atoms with Gasteiger partial charge in [0.25, 0.3) is 0 Å². The van der Waals surface area contributed by atoms with E-state index in [0.29, 0.717) is 18.2 Å². The molecule has 1 heterocycles. The highest BCUT2D eigenvalue weighted by molar-refractivity contribution is 6.02. The summed E-state index contributed by atoms with van der Waals surface area (Å²) in [6.45, 7) is 8.48. The molecule has 19 heavy (non-hydrogen) atoms.